The highest BCUT2D eigenvalue weighted by atomic mass is 35.5. The zero-order chi connectivity index (χ0) is 8.55. The van der Waals surface area contributed by atoms with E-state index in [1.807, 2.05) is 0 Å². The number of nitrogens with one attached hydrogen (secondary N) is 1. The van der Waals surface area contributed by atoms with Crippen molar-refractivity contribution in [3.8, 4) is 0 Å². The number of halogens is 1. The molecular weight excluding hydrogens is 176 g/mol. The first-order chi connectivity index (χ1) is 5.77. The van der Waals surface area contributed by atoms with Crippen LogP contribution in [0.4, 0.5) is 0 Å². The van der Waals surface area contributed by atoms with Gasteiger partial charge in [-0.3, -0.25) is 10.4 Å². The van der Waals surface area contributed by atoms with Crippen LogP contribution >= 0.6 is 11.6 Å². The second-order valence-corrected chi connectivity index (χ2v) is 2.76. The molecule has 1 unspecified atom stereocenters. The molecule has 2 aliphatic heterocycles. The largest absolute Gasteiger partial charge is 0.281 e. The van der Waals surface area contributed by atoms with Crippen molar-refractivity contribution in [2.24, 2.45) is 15.0 Å². The van der Waals surface area contributed by atoms with Gasteiger partial charge in [0, 0.05) is 0 Å². The maximum Gasteiger partial charge on any atom is 0.174 e. The van der Waals surface area contributed by atoms with Crippen LogP contribution < -0.4 is 0 Å². The lowest BCUT2D eigenvalue weighted by atomic mass is 10.1. The minimum atomic E-state index is -0.396. The van der Waals surface area contributed by atoms with Crippen LogP contribution in [0.25, 0.3) is 0 Å². The van der Waals surface area contributed by atoms with Gasteiger partial charge in [-0.1, -0.05) is 11.6 Å². The van der Waals surface area contributed by atoms with Gasteiger partial charge in [-0.25, -0.2) is 9.98 Å². The van der Waals surface area contributed by atoms with Crippen LogP contribution in [0, 0.1) is 5.41 Å². The van der Waals surface area contributed by atoms with E-state index in [2.05, 4.69) is 15.0 Å². The number of amidine groups is 1. The van der Waals surface area contributed by atoms with E-state index in [4.69, 9.17) is 17.0 Å². The van der Waals surface area contributed by atoms with Crippen LogP contribution in [0.15, 0.2) is 27.1 Å². The second-order valence-electron chi connectivity index (χ2n) is 2.32. The molecule has 0 amide bonds. The molecule has 1 N–H and O–H groups in total. The van der Waals surface area contributed by atoms with Crippen molar-refractivity contribution in [1.82, 2.24) is 0 Å². The van der Waals surface area contributed by atoms with Crippen molar-refractivity contribution in [2.45, 2.75) is 5.50 Å². The van der Waals surface area contributed by atoms with E-state index < -0.39 is 5.50 Å². The summed E-state index contributed by atoms with van der Waals surface area (Å²) in [5.74, 6) is 0.120. The van der Waals surface area contributed by atoms with E-state index in [9.17, 15) is 0 Å². The van der Waals surface area contributed by atoms with Gasteiger partial charge in [0.1, 0.15) is 17.6 Å². The van der Waals surface area contributed by atoms with Crippen molar-refractivity contribution in [3.05, 3.63) is 12.2 Å². The molecule has 0 saturated heterocycles. The predicted octanol–water partition coefficient (Wildman–Crippen LogP) is 1.02. The number of aliphatic imine (C=N–C) groups is 3. The van der Waals surface area contributed by atoms with Crippen LogP contribution in [0.3, 0.4) is 0 Å². The molecule has 2 rings (SSSR count). The van der Waals surface area contributed by atoms with Crippen LogP contribution in [-0.4, -0.2) is 29.1 Å². The van der Waals surface area contributed by atoms with Crippen molar-refractivity contribution in [2.75, 3.05) is 0 Å². The van der Waals surface area contributed by atoms with Crippen LogP contribution in [-0.2, 0) is 0 Å². The standard InChI is InChI=1S/C7H5ClN4/c8-5-2-1-4-6(12-5)7(9)11-3-10-4/h1-3,5,9H. The third-order valence-corrected chi connectivity index (χ3v) is 1.76. The summed E-state index contributed by atoms with van der Waals surface area (Å²) in [4.78, 5) is 11.7. The normalized spacial score (nSPS) is 26.4. The number of alkyl halides is 1. The highest BCUT2D eigenvalue weighted by Gasteiger charge is 2.19. The molecule has 0 bridgehead atoms. The summed E-state index contributed by atoms with van der Waals surface area (Å²) in [6.45, 7) is 0. The average Bonchev–Trinajstić information content (AvgIpc) is 2.07. The molecule has 0 aromatic carbocycles. The summed E-state index contributed by atoms with van der Waals surface area (Å²) in [6.07, 6.45) is 4.81. The Morgan fingerprint density at radius 3 is 3.17 bits per heavy atom. The first-order valence-corrected chi connectivity index (χ1v) is 3.81. The fraction of sp³-hybridized carbons (Fsp3) is 0.143. The van der Waals surface area contributed by atoms with Gasteiger partial charge in [0.2, 0.25) is 0 Å². The van der Waals surface area contributed by atoms with Crippen LogP contribution in [0.5, 0.6) is 0 Å². The van der Waals surface area contributed by atoms with Gasteiger partial charge in [-0.05, 0) is 12.2 Å². The van der Waals surface area contributed by atoms with E-state index in [1.165, 1.54) is 6.34 Å². The predicted molar refractivity (Wildman–Crippen MR) is 49.9 cm³/mol. The molecule has 2 aliphatic rings. The molecule has 0 saturated carbocycles. The molecule has 0 aromatic heterocycles. The van der Waals surface area contributed by atoms with E-state index in [-0.39, 0.29) is 5.84 Å². The van der Waals surface area contributed by atoms with Crippen molar-refractivity contribution in [1.29, 1.82) is 5.41 Å². The van der Waals surface area contributed by atoms with E-state index in [1.54, 1.807) is 12.2 Å². The first-order valence-electron chi connectivity index (χ1n) is 3.37. The molecule has 0 aromatic rings. The minimum Gasteiger partial charge on any atom is -0.281 e. The zero-order valence-corrected chi connectivity index (χ0v) is 6.78. The lowest BCUT2D eigenvalue weighted by Gasteiger charge is -2.12. The molecule has 12 heavy (non-hydrogen) atoms. The molecule has 60 valence electrons. The fourth-order valence-electron chi connectivity index (χ4n) is 0.979. The number of nitrogens with zero attached hydrogens (tertiary/aromatic N) is 3. The molecule has 0 fully saturated rings. The third-order valence-electron chi connectivity index (χ3n) is 1.52. The van der Waals surface area contributed by atoms with E-state index in [0.29, 0.717) is 11.4 Å². The Labute approximate surface area is 73.9 Å². The van der Waals surface area contributed by atoms with Gasteiger partial charge in [-0.2, -0.15) is 0 Å². The van der Waals surface area contributed by atoms with Gasteiger partial charge < -0.3 is 0 Å². The topological polar surface area (TPSA) is 60.9 Å². The maximum atomic E-state index is 7.40. The van der Waals surface area contributed by atoms with Crippen LogP contribution in [0.2, 0.25) is 0 Å². The highest BCUT2D eigenvalue weighted by molar-refractivity contribution is 6.72. The lowest BCUT2D eigenvalue weighted by Crippen LogP contribution is -2.27. The Morgan fingerprint density at radius 2 is 2.33 bits per heavy atom. The quantitative estimate of drug-likeness (QED) is 0.428. The van der Waals surface area contributed by atoms with Crippen molar-refractivity contribution < 1.29 is 0 Å². The fourth-order valence-corrected chi connectivity index (χ4v) is 1.15. The Hall–Kier alpha value is -1.29. The minimum absolute atomic E-state index is 0.120. The Kier molecular flexibility index (Phi) is 1.62. The van der Waals surface area contributed by atoms with Gasteiger partial charge >= 0.3 is 0 Å². The number of hydrogen-bond donors (Lipinski definition) is 1. The summed E-state index contributed by atoms with van der Waals surface area (Å²) in [7, 11) is 0. The summed E-state index contributed by atoms with van der Waals surface area (Å²) >= 11 is 5.72. The zero-order valence-electron chi connectivity index (χ0n) is 6.03. The summed E-state index contributed by atoms with van der Waals surface area (Å²) in [6, 6.07) is 0. The number of hydrogen-bond acceptors (Lipinski definition) is 3. The maximum absolute atomic E-state index is 7.40. The highest BCUT2D eigenvalue weighted by Crippen LogP contribution is 2.10. The monoisotopic (exact) mass is 180 g/mol. The summed E-state index contributed by atoms with van der Waals surface area (Å²) in [5.41, 5.74) is 0.736. The van der Waals surface area contributed by atoms with Crippen molar-refractivity contribution in [3.63, 3.8) is 0 Å². The second kappa shape index (κ2) is 2.64. The average molecular weight is 181 g/mol. The van der Waals surface area contributed by atoms with Crippen LogP contribution in [0.1, 0.15) is 0 Å². The molecule has 4 nitrogen and oxygen atoms in total. The molecular formula is C7H5ClN4. The Balaban J connectivity index is 2.46. The number of fused-ring (bicyclic) bond motifs is 1. The Morgan fingerprint density at radius 1 is 1.50 bits per heavy atom. The molecule has 0 spiro atoms. The number of allylic oxidation sites excluding steroid dienone is 1. The summed E-state index contributed by atoms with van der Waals surface area (Å²) in [5, 5.41) is 7.40. The molecule has 0 radical (unpaired) electrons. The van der Waals surface area contributed by atoms with Crippen molar-refractivity contribution >= 4 is 35.2 Å². The van der Waals surface area contributed by atoms with Gasteiger partial charge in [0.25, 0.3) is 0 Å². The molecule has 0 aliphatic carbocycles. The van der Waals surface area contributed by atoms with Gasteiger partial charge in [-0.15, -0.1) is 0 Å². The first kappa shape index (κ1) is 7.36. The van der Waals surface area contributed by atoms with E-state index >= 15 is 0 Å². The van der Waals surface area contributed by atoms with Gasteiger partial charge in [0.05, 0.1) is 5.71 Å². The van der Waals surface area contributed by atoms with E-state index in [0.717, 1.165) is 0 Å². The summed E-state index contributed by atoms with van der Waals surface area (Å²) < 4.78 is 0. The molecule has 1 atom stereocenters. The lowest BCUT2D eigenvalue weighted by molar-refractivity contribution is 1.14. The number of rotatable bonds is 0. The van der Waals surface area contributed by atoms with Gasteiger partial charge in [0.15, 0.2) is 5.84 Å². The molecule has 2 heterocycles. The SMILES string of the molecule is N=C1N=CN=C2C=CC(Cl)N=C12. The number of dihydropyridines is 1. The third kappa shape index (κ3) is 1.10. The smallest absolute Gasteiger partial charge is 0.174 e. The Bertz CT molecular complexity index is 350. The molecule has 5 heteroatoms.